The van der Waals surface area contributed by atoms with Crippen LogP contribution in [-0.2, 0) is 11.4 Å². The second-order valence-electron chi connectivity index (χ2n) is 4.12. The molecule has 0 saturated carbocycles. The topological polar surface area (TPSA) is 58.6 Å². The maximum Gasteiger partial charge on any atom is 0.267 e. The van der Waals surface area contributed by atoms with E-state index in [0.717, 1.165) is 11.1 Å². The van der Waals surface area contributed by atoms with Crippen LogP contribution in [0.1, 0.15) is 11.1 Å². The Kier molecular flexibility index (Phi) is 4.92. The van der Waals surface area contributed by atoms with Crippen molar-refractivity contribution in [2.24, 2.45) is 0 Å². The summed E-state index contributed by atoms with van der Waals surface area (Å²) in [5, 5.41) is 8.45. The number of hydrogen-bond donors (Lipinski definition) is 2. The molecule has 0 heterocycles. The van der Waals surface area contributed by atoms with Crippen molar-refractivity contribution in [2.75, 3.05) is 0 Å². The van der Waals surface area contributed by atoms with Gasteiger partial charge in [-0.2, -0.15) is 0 Å². The van der Waals surface area contributed by atoms with Crippen LogP contribution in [-0.4, -0.2) is 11.1 Å². The highest BCUT2D eigenvalue weighted by Crippen LogP contribution is 2.20. The molecule has 0 aliphatic heterocycles. The van der Waals surface area contributed by atoms with Crippen LogP contribution >= 0.6 is 0 Å². The molecule has 0 aliphatic rings. The molecule has 20 heavy (non-hydrogen) atoms. The molecule has 1 amide bonds. The van der Waals surface area contributed by atoms with E-state index in [0.29, 0.717) is 12.4 Å². The lowest BCUT2D eigenvalue weighted by molar-refractivity contribution is -0.124. The van der Waals surface area contributed by atoms with Crippen molar-refractivity contribution < 1.29 is 14.7 Å². The molecule has 0 radical (unpaired) electrons. The van der Waals surface area contributed by atoms with Gasteiger partial charge in [-0.05, 0) is 17.7 Å². The molecule has 4 nitrogen and oxygen atoms in total. The van der Waals surface area contributed by atoms with Crippen molar-refractivity contribution in [3.05, 3.63) is 71.8 Å². The summed E-state index contributed by atoms with van der Waals surface area (Å²) >= 11 is 0. The van der Waals surface area contributed by atoms with Crippen molar-refractivity contribution >= 4 is 12.0 Å². The van der Waals surface area contributed by atoms with E-state index >= 15 is 0 Å². The minimum absolute atomic E-state index is 0.456. The van der Waals surface area contributed by atoms with Gasteiger partial charge in [0, 0.05) is 11.6 Å². The third-order valence-corrected chi connectivity index (χ3v) is 2.68. The number of hydroxylamine groups is 1. The largest absolute Gasteiger partial charge is 0.488 e. The highest BCUT2D eigenvalue weighted by atomic mass is 16.5. The molecule has 2 aromatic rings. The molecular weight excluding hydrogens is 254 g/mol. The first-order valence-electron chi connectivity index (χ1n) is 6.17. The van der Waals surface area contributed by atoms with Crippen LogP contribution in [0.3, 0.4) is 0 Å². The fourth-order valence-electron chi connectivity index (χ4n) is 1.69. The second kappa shape index (κ2) is 7.11. The van der Waals surface area contributed by atoms with E-state index in [2.05, 4.69) is 0 Å². The summed E-state index contributed by atoms with van der Waals surface area (Å²) in [6, 6.07) is 17.2. The van der Waals surface area contributed by atoms with Crippen molar-refractivity contribution in [1.29, 1.82) is 0 Å². The lowest BCUT2D eigenvalue weighted by atomic mass is 10.2. The van der Waals surface area contributed by atoms with E-state index in [1.54, 1.807) is 11.6 Å². The van der Waals surface area contributed by atoms with E-state index in [-0.39, 0.29) is 0 Å². The van der Waals surface area contributed by atoms with E-state index < -0.39 is 5.91 Å². The van der Waals surface area contributed by atoms with Crippen molar-refractivity contribution in [1.82, 2.24) is 5.48 Å². The average molecular weight is 269 g/mol. The van der Waals surface area contributed by atoms with Gasteiger partial charge < -0.3 is 4.74 Å². The zero-order valence-corrected chi connectivity index (χ0v) is 10.8. The predicted octanol–water partition coefficient (Wildman–Crippen LogP) is 2.78. The number of ether oxygens (including phenoxy) is 1. The van der Waals surface area contributed by atoms with E-state index in [4.69, 9.17) is 9.94 Å². The maximum atomic E-state index is 11.0. The van der Waals surface area contributed by atoms with Gasteiger partial charge in [-0.25, -0.2) is 5.48 Å². The predicted molar refractivity (Wildman–Crippen MR) is 76.2 cm³/mol. The van der Waals surface area contributed by atoms with Gasteiger partial charge in [0.25, 0.3) is 5.91 Å². The first-order chi connectivity index (χ1) is 9.79. The van der Waals surface area contributed by atoms with E-state index in [9.17, 15) is 4.79 Å². The number of carbonyl (C=O) groups excluding carboxylic acids is 1. The number of rotatable bonds is 5. The number of hydrogen-bond acceptors (Lipinski definition) is 3. The van der Waals surface area contributed by atoms with Crippen LogP contribution in [0.2, 0.25) is 0 Å². The number of nitrogens with one attached hydrogen (secondary N) is 1. The molecular formula is C16H15NO3. The van der Waals surface area contributed by atoms with Crippen LogP contribution in [0, 0.1) is 0 Å². The monoisotopic (exact) mass is 269 g/mol. The van der Waals surface area contributed by atoms with Crippen molar-refractivity contribution in [3.63, 3.8) is 0 Å². The second-order valence-corrected chi connectivity index (χ2v) is 4.12. The molecule has 0 spiro atoms. The number of benzene rings is 2. The fraction of sp³-hybridized carbons (Fsp3) is 0.0625. The highest BCUT2D eigenvalue weighted by molar-refractivity contribution is 5.91. The first kappa shape index (κ1) is 13.8. The molecule has 4 heteroatoms. The summed E-state index contributed by atoms with van der Waals surface area (Å²) in [6.07, 6.45) is 2.83. The molecule has 2 rings (SSSR count). The Hall–Kier alpha value is -2.59. The lowest BCUT2D eigenvalue weighted by Crippen LogP contribution is -2.14. The molecule has 2 aromatic carbocycles. The summed E-state index contributed by atoms with van der Waals surface area (Å²) in [4.78, 5) is 11.0. The quantitative estimate of drug-likeness (QED) is 0.498. The minimum Gasteiger partial charge on any atom is -0.488 e. The van der Waals surface area contributed by atoms with Crippen molar-refractivity contribution in [3.8, 4) is 5.75 Å². The summed E-state index contributed by atoms with van der Waals surface area (Å²) in [7, 11) is 0. The van der Waals surface area contributed by atoms with Gasteiger partial charge in [-0.1, -0.05) is 48.5 Å². The van der Waals surface area contributed by atoms with Crippen LogP contribution in [0.25, 0.3) is 6.08 Å². The molecule has 0 unspecified atom stereocenters. The summed E-state index contributed by atoms with van der Waals surface area (Å²) < 4.78 is 5.74. The molecule has 0 saturated heterocycles. The Morgan fingerprint density at radius 3 is 2.55 bits per heavy atom. The zero-order chi connectivity index (χ0) is 14.2. The van der Waals surface area contributed by atoms with E-state index in [1.165, 1.54) is 6.08 Å². The Morgan fingerprint density at radius 2 is 1.80 bits per heavy atom. The van der Waals surface area contributed by atoms with Gasteiger partial charge in [0.1, 0.15) is 12.4 Å². The SMILES string of the molecule is O=C(/C=C/c1ccccc1OCc1ccccc1)NO. The Balaban J connectivity index is 2.08. The normalized spacial score (nSPS) is 10.4. The maximum absolute atomic E-state index is 11.0. The van der Waals surface area contributed by atoms with Gasteiger partial charge in [-0.3, -0.25) is 10.0 Å². The lowest BCUT2D eigenvalue weighted by Gasteiger charge is -2.09. The average Bonchev–Trinajstić information content (AvgIpc) is 2.52. The third kappa shape index (κ3) is 3.96. The first-order valence-corrected chi connectivity index (χ1v) is 6.17. The molecule has 0 bridgehead atoms. The molecule has 0 aromatic heterocycles. The Morgan fingerprint density at radius 1 is 1.10 bits per heavy atom. The zero-order valence-electron chi connectivity index (χ0n) is 10.8. The van der Waals surface area contributed by atoms with Gasteiger partial charge in [0.2, 0.25) is 0 Å². The third-order valence-electron chi connectivity index (χ3n) is 2.68. The molecule has 0 atom stereocenters. The van der Waals surface area contributed by atoms with Crippen LogP contribution in [0.5, 0.6) is 5.75 Å². The molecule has 102 valence electrons. The van der Waals surface area contributed by atoms with Gasteiger partial charge in [-0.15, -0.1) is 0 Å². The molecule has 0 aliphatic carbocycles. The smallest absolute Gasteiger partial charge is 0.267 e. The van der Waals surface area contributed by atoms with E-state index in [1.807, 2.05) is 54.6 Å². The summed E-state index contributed by atoms with van der Waals surface area (Å²) in [5.41, 5.74) is 3.39. The van der Waals surface area contributed by atoms with Gasteiger partial charge >= 0.3 is 0 Å². The Bertz CT molecular complexity index is 594. The van der Waals surface area contributed by atoms with Crippen molar-refractivity contribution in [2.45, 2.75) is 6.61 Å². The fourth-order valence-corrected chi connectivity index (χ4v) is 1.69. The van der Waals surface area contributed by atoms with Gasteiger partial charge in [0.05, 0.1) is 0 Å². The number of carbonyl (C=O) groups is 1. The molecule has 0 fully saturated rings. The van der Waals surface area contributed by atoms with Crippen LogP contribution in [0.15, 0.2) is 60.7 Å². The standard InChI is InChI=1S/C16H15NO3/c18-16(17-19)11-10-14-8-4-5-9-15(14)20-12-13-6-2-1-3-7-13/h1-11,19H,12H2,(H,17,18)/b11-10+. The molecule has 2 N–H and O–H groups in total. The minimum atomic E-state index is -0.581. The van der Waals surface area contributed by atoms with Crippen LogP contribution < -0.4 is 10.2 Å². The summed E-state index contributed by atoms with van der Waals surface area (Å²) in [5.74, 6) is 0.0983. The Labute approximate surface area is 117 Å². The van der Waals surface area contributed by atoms with Gasteiger partial charge in [0.15, 0.2) is 0 Å². The number of para-hydroxylation sites is 1. The van der Waals surface area contributed by atoms with Crippen LogP contribution in [0.4, 0.5) is 0 Å². The highest BCUT2D eigenvalue weighted by Gasteiger charge is 2.01. The number of amides is 1. The summed E-state index contributed by atoms with van der Waals surface area (Å²) in [6.45, 7) is 0.456.